The largest absolute Gasteiger partial charge is 0.491 e. The molecule has 0 spiro atoms. The molecule has 2 aromatic rings. The summed E-state index contributed by atoms with van der Waals surface area (Å²) >= 11 is 0. The molecule has 0 unspecified atom stereocenters. The number of aryl methyl sites for hydroxylation is 2. The average molecular weight is 298 g/mol. The number of carbonyl (C=O) groups is 1. The Balaban J connectivity index is 1.64. The second-order valence-electron chi connectivity index (χ2n) is 5.21. The SMILES string of the molecule is Cc1ccc(CNC(=O)NCCOc2ccccc2C)cc1. The number of hydrogen-bond acceptors (Lipinski definition) is 2. The predicted molar refractivity (Wildman–Crippen MR) is 88.1 cm³/mol. The summed E-state index contributed by atoms with van der Waals surface area (Å²) in [5.74, 6) is 0.851. The minimum atomic E-state index is -0.186. The zero-order chi connectivity index (χ0) is 15.8. The Morgan fingerprint density at radius 1 is 1.00 bits per heavy atom. The van der Waals surface area contributed by atoms with Crippen LogP contribution in [0, 0.1) is 13.8 Å². The second-order valence-corrected chi connectivity index (χ2v) is 5.21. The summed E-state index contributed by atoms with van der Waals surface area (Å²) in [6.45, 7) is 5.47. The average Bonchev–Trinajstić information content (AvgIpc) is 2.52. The lowest BCUT2D eigenvalue weighted by Gasteiger charge is -2.10. The Bertz CT molecular complexity index is 609. The third kappa shape index (κ3) is 5.13. The molecule has 0 aromatic heterocycles. The van der Waals surface area contributed by atoms with Crippen LogP contribution in [0.3, 0.4) is 0 Å². The maximum absolute atomic E-state index is 11.7. The van der Waals surface area contributed by atoms with Gasteiger partial charge in [0.2, 0.25) is 0 Å². The predicted octanol–water partition coefficient (Wildman–Crippen LogP) is 3.18. The van der Waals surface area contributed by atoms with E-state index in [0.717, 1.165) is 16.9 Å². The van der Waals surface area contributed by atoms with E-state index in [4.69, 9.17) is 4.74 Å². The van der Waals surface area contributed by atoms with Gasteiger partial charge in [0.05, 0.1) is 6.54 Å². The fourth-order valence-corrected chi connectivity index (χ4v) is 1.99. The molecule has 2 amide bonds. The minimum Gasteiger partial charge on any atom is -0.491 e. The van der Waals surface area contributed by atoms with E-state index in [1.165, 1.54) is 5.56 Å². The quantitative estimate of drug-likeness (QED) is 0.805. The monoisotopic (exact) mass is 298 g/mol. The van der Waals surface area contributed by atoms with Crippen molar-refractivity contribution in [3.8, 4) is 5.75 Å². The maximum Gasteiger partial charge on any atom is 0.315 e. The van der Waals surface area contributed by atoms with Gasteiger partial charge in [-0.15, -0.1) is 0 Å². The number of para-hydroxylation sites is 1. The Kier molecular flexibility index (Phi) is 5.83. The fourth-order valence-electron chi connectivity index (χ4n) is 1.99. The summed E-state index contributed by atoms with van der Waals surface area (Å²) < 4.78 is 5.62. The van der Waals surface area contributed by atoms with Crippen molar-refractivity contribution in [2.24, 2.45) is 0 Å². The molecule has 4 heteroatoms. The van der Waals surface area contributed by atoms with Crippen molar-refractivity contribution in [1.82, 2.24) is 10.6 Å². The van der Waals surface area contributed by atoms with Crippen LogP contribution in [-0.2, 0) is 6.54 Å². The highest BCUT2D eigenvalue weighted by molar-refractivity contribution is 5.73. The first-order chi connectivity index (χ1) is 10.6. The molecule has 22 heavy (non-hydrogen) atoms. The van der Waals surface area contributed by atoms with Crippen LogP contribution in [0.15, 0.2) is 48.5 Å². The lowest BCUT2D eigenvalue weighted by molar-refractivity contribution is 0.236. The molecule has 116 valence electrons. The third-order valence-corrected chi connectivity index (χ3v) is 3.31. The van der Waals surface area contributed by atoms with Crippen LogP contribution in [0.25, 0.3) is 0 Å². The first-order valence-electron chi connectivity index (χ1n) is 7.41. The van der Waals surface area contributed by atoms with E-state index in [0.29, 0.717) is 19.7 Å². The zero-order valence-electron chi connectivity index (χ0n) is 13.1. The number of ether oxygens (including phenoxy) is 1. The van der Waals surface area contributed by atoms with Crippen LogP contribution in [0.4, 0.5) is 4.79 Å². The summed E-state index contributed by atoms with van der Waals surface area (Å²) in [5, 5.41) is 5.60. The van der Waals surface area contributed by atoms with E-state index < -0.39 is 0 Å². The number of amides is 2. The number of hydrogen-bond donors (Lipinski definition) is 2. The highest BCUT2D eigenvalue weighted by atomic mass is 16.5. The summed E-state index contributed by atoms with van der Waals surface area (Å²) in [6.07, 6.45) is 0. The van der Waals surface area contributed by atoms with Crippen molar-refractivity contribution in [2.75, 3.05) is 13.2 Å². The number of rotatable bonds is 6. The van der Waals surface area contributed by atoms with Gasteiger partial charge in [-0.2, -0.15) is 0 Å². The smallest absolute Gasteiger partial charge is 0.315 e. The normalized spacial score (nSPS) is 10.1. The van der Waals surface area contributed by atoms with Crippen molar-refractivity contribution in [2.45, 2.75) is 20.4 Å². The molecule has 0 aliphatic rings. The summed E-state index contributed by atoms with van der Waals surface area (Å²) in [6, 6.07) is 15.7. The van der Waals surface area contributed by atoms with Crippen molar-refractivity contribution in [3.63, 3.8) is 0 Å². The molecule has 0 atom stereocenters. The Morgan fingerprint density at radius 3 is 2.45 bits per heavy atom. The highest BCUT2D eigenvalue weighted by Gasteiger charge is 2.01. The zero-order valence-corrected chi connectivity index (χ0v) is 13.1. The Morgan fingerprint density at radius 2 is 1.73 bits per heavy atom. The molecule has 0 saturated heterocycles. The molecule has 0 bridgehead atoms. The second kappa shape index (κ2) is 8.08. The van der Waals surface area contributed by atoms with E-state index in [1.807, 2.05) is 62.4 Å². The molecule has 0 heterocycles. The van der Waals surface area contributed by atoms with E-state index in [-0.39, 0.29) is 6.03 Å². The van der Waals surface area contributed by atoms with Gasteiger partial charge in [-0.3, -0.25) is 0 Å². The summed E-state index contributed by atoms with van der Waals surface area (Å²) in [4.78, 5) is 11.7. The molecule has 0 fully saturated rings. The van der Waals surface area contributed by atoms with Gasteiger partial charge in [0.25, 0.3) is 0 Å². The van der Waals surface area contributed by atoms with Crippen LogP contribution in [-0.4, -0.2) is 19.2 Å². The lowest BCUT2D eigenvalue weighted by Crippen LogP contribution is -2.37. The molecule has 0 aliphatic carbocycles. The Hall–Kier alpha value is -2.49. The highest BCUT2D eigenvalue weighted by Crippen LogP contribution is 2.15. The van der Waals surface area contributed by atoms with Gasteiger partial charge in [0.1, 0.15) is 12.4 Å². The first-order valence-corrected chi connectivity index (χ1v) is 7.41. The standard InChI is InChI=1S/C18H22N2O2/c1-14-7-9-16(10-8-14)13-20-18(21)19-11-12-22-17-6-4-3-5-15(17)2/h3-10H,11-13H2,1-2H3,(H2,19,20,21). The van der Waals surface area contributed by atoms with Crippen molar-refractivity contribution in [1.29, 1.82) is 0 Å². The number of carbonyl (C=O) groups excluding carboxylic acids is 1. The maximum atomic E-state index is 11.7. The lowest BCUT2D eigenvalue weighted by atomic mass is 10.1. The van der Waals surface area contributed by atoms with E-state index in [1.54, 1.807) is 0 Å². The van der Waals surface area contributed by atoms with E-state index in [2.05, 4.69) is 10.6 Å². The molecule has 2 rings (SSSR count). The summed E-state index contributed by atoms with van der Waals surface area (Å²) in [5.41, 5.74) is 3.38. The topological polar surface area (TPSA) is 50.4 Å². The van der Waals surface area contributed by atoms with Gasteiger partial charge in [-0.1, -0.05) is 48.0 Å². The number of benzene rings is 2. The molecular weight excluding hydrogens is 276 g/mol. The van der Waals surface area contributed by atoms with Gasteiger partial charge in [0, 0.05) is 6.54 Å². The van der Waals surface area contributed by atoms with Gasteiger partial charge < -0.3 is 15.4 Å². The minimum absolute atomic E-state index is 0.186. The van der Waals surface area contributed by atoms with Crippen LogP contribution >= 0.6 is 0 Å². The number of urea groups is 1. The van der Waals surface area contributed by atoms with Crippen LogP contribution < -0.4 is 15.4 Å². The molecular formula is C18H22N2O2. The van der Waals surface area contributed by atoms with Crippen LogP contribution in [0.1, 0.15) is 16.7 Å². The third-order valence-electron chi connectivity index (χ3n) is 3.31. The molecule has 4 nitrogen and oxygen atoms in total. The van der Waals surface area contributed by atoms with Gasteiger partial charge in [-0.05, 0) is 31.0 Å². The molecule has 2 N–H and O–H groups in total. The first kappa shape index (κ1) is 15.9. The Labute approximate surface area is 131 Å². The number of nitrogens with one attached hydrogen (secondary N) is 2. The fraction of sp³-hybridized carbons (Fsp3) is 0.278. The van der Waals surface area contributed by atoms with E-state index in [9.17, 15) is 4.79 Å². The molecule has 2 aromatic carbocycles. The molecule has 0 aliphatic heterocycles. The van der Waals surface area contributed by atoms with Crippen molar-refractivity contribution in [3.05, 3.63) is 65.2 Å². The molecule has 0 saturated carbocycles. The van der Waals surface area contributed by atoms with Crippen LogP contribution in [0.2, 0.25) is 0 Å². The van der Waals surface area contributed by atoms with Crippen molar-refractivity contribution >= 4 is 6.03 Å². The van der Waals surface area contributed by atoms with Gasteiger partial charge in [0.15, 0.2) is 0 Å². The van der Waals surface area contributed by atoms with Gasteiger partial charge in [-0.25, -0.2) is 4.79 Å². The van der Waals surface area contributed by atoms with Crippen LogP contribution in [0.5, 0.6) is 5.75 Å². The summed E-state index contributed by atoms with van der Waals surface area (Å²) in [7, 11) is 0. The van der Waals surface area contributed by atoms with Gasteiger partial charge >= 0.3 is 6.03 Å². The van der Waals surface area contributed by atoms with Crippen molar-refractivity contribution < 1.29 is 9.53 Å². The van der Waals surface area contributed by atoms with E-state index >= 15 is 0 Å². The molecule has 0 radical (unpaired) electrons.